The Morgan fingerprint density at radius 3 is 2.24 bits per heavy atom. The van der Waals surface area contributed by atoms with Crippen molar-refractivity contribution in [1.29, 1.82) is 5.26 Å². The molecule has 0 saturated heterocycles. The maximum absolute atomic E-state index is 12.6. The summed E-state index contributed by atoms with van der Waals surface area (Å²) in [7, 11) is 1.55. The highest BCUT2D eigenvalue weighted by Crippen LogP contribution is 2.30. The summed E-state index contributed by atoms with van der Waals surface area (Å²) in [5.74, 6) is -0.140. The van der Waals surface area contributed by atoms with E-state index in [0.29, 0.717) is 22.7 Å². The summed E-state index contributed by atoms with van der Waals surface area (Å²) >= 11 is 0. The van der Waals surface area contributed by atoms with Crippen LogP contribution in [0.25, 0.3) is 16.8 Å². The molecule has 0 bridgehead atoms. The van der Waals surface area contributed by atoms with Gasteiger partial charge in [0.1, 0.15) is 17.4 Å². The Bertz CT molecular complexity index is 1140. The molecule has 6 heteroatoms. The van der Waals surface area contributed by atoms with Crippen molar-refractivity contribution in [3.8, 4) is 11.8 Å². The molecule has 2 N–H and O–H groups in total. The largest absolute Gasteiger partial charge is 0.496 e. The van der Waals surface area contributed by atoms with E-state index in [0.717, 1.165) is 10.8 Å². The molecule has 6 nitrogen and oxygen atoms in total. The number of nitrogens with one attached hydrogen (secondary N) is 2. The molecule has 0 atom stereocenters. The van der Waals surface area contributed by atoms with Crippen LogP contribution < -0.4 is 15.4 Å². The number of nitriles is 1. The van der Waals surface area contributed by atoms with Gasteiger partial charge in [0.15, 0.2) is 0 Å². The molecule has 0 aliphatic heterocycles. The first-order valence-corrected chi connectivity index (χ1v) is 8.88. The summed E-state index contributed by atoms with van der Waals surface area (Å²) in [6.45, 7) is 1.42. The third-order valence-electron chi connectivity index (χ3n) is 4.27. The average molecular weight is 385 g/mol. The second-order valence-corrected chi connectivity index (χ2v) is 6.29. The highest BCUT2D eigenvalue weighted by Gasteiger charge is 2.13. The van der Waals surface area contributed by atoms with Crippen molar-refractivity contribution >= 4 is 40.0 Å². The van der Waals surface area contributed by atoms with Gasteiger partial charge in [-0.1, -0.05) is 30.3 Å². The standard InChI is InChI=1S/C23H19N3O3/c1-15(27)25-18-8-10-19(11-9-18)26-23(28)17(14-24)13-21-20-6-4-3-5-16(20)7-12-22(21)29-2/h3-13H,1-2H3,(H,25,27)(H,26,28)/b17-13+. The number of hydrogen-bond acceptors (Lipinski definition) is 4. The zero-order valence-corrected chi connectivity index (χ0v) is 16.0. The fraction of sp³-hybridized carbons (Fsp3) is 0.0870. The lowest BCUT2D eigenvalue weighted by molar-refractivity contribution is -0.114. The minimum absolute atomic E-state index is 0.0504. The van der Waals surface area contributed by atoms with Gasteiger partial charge in [-0.05, 0) is 47.2 Å². The van der Waals surface area contributed by atoms with Crippen molar-refractivity contribution in [2.75, 3.05) is 17.7 Å². The van der Waals surface area contributed by atoms with Gasteiger partial charge in [-0.25, -0.2) is 0 Å². The molecule has 0 aliphatic rings. The maximum Gasteiger partial charge on any atom is 0.266 e. The van der Waals surface area contributed by atoms with E-state index in [9.17, 15) is 14.9 Å². The van der Waals surface area contributed by atoms with Crippen LogP contribution >= 0.6 is 0 Å². The molecule has 0 unspecified atom stereocenters. The molecule has 3 aromatic carbocycles. The van der Waals surface area contributed by atoms with Crippen LogP contribution in [0.3, 0.4) is 0 Å². The molecule has 0 saturated carbocycles. The predicted octanol–water partition coefficient (Wildman–Crippen LogP) is 4.35. The van der Waals surface area contributed by atoms with Crippen LogP contribution in [0.5, 0.6) is 5.75 Å². The van der Waals surface area contributed by atoms with Crippen LogP contribution in [0, 0.1) is 11.3 Å². The third-order valence-corrected chi connectivity index (χ3v) is 4.27. The molecule has 0 spiro atoms. The minimum atomic E-state index is -0.533. The summed E-state index contributed by atoms with van der Waals surface area (Å²) < 4.78 is 5.42. The molecule has 0 fully saturated rings. The number of amides is 2. The van der Waals surface area contributed by atoms with Crippen LogP contribution in [0.1, 0.15) is 12.5 Å². The maximum atomic E-state index is 12.6. The fourth-order valence-corrected chi connectivity index (χ4v) is 2.93. The van der Waals surface area contributed by atoms with Gasteiger partial charge in [-0.15, -0.1) is 0 Å². The highest BCUT2D eigenvalue weighted by atomic mass is 16.5. The van der Waals surface area contributed by atoms with Gasteiger partial charge in [0.25, 0.3) is 5.91 Å². The van der Waals surface area contributed by atoms with Gasteiger partial charge in [-0.2, -0.15) is 5.26 Å². The van der Waals surface area contributed by atoms with Gasteiger partial charge >= 0.3 is 0 Å². The second kappa shape index (κ2) is 8.72. The fourth-order valence-electron chi connectivity index (χ4n) is 2.93. The Labute approximate surface area is 168 Å². The van der Waals surface area contributed by atoms with E-state index in [1.807, 2.05) is 42.5 Å². The van der Waals surface area contributed by atoms with Crippen molar-refractivity contribution in [2.45, 2.75) is 6.92 Å². The number of anilines is 2. The number of hydrogen-bond donors (Lipinski definition) is 2. The van der Waals surface area contributed by atoms with Crippen LogP contribution in [-0.2, 0) is 9.59 Å². The molecular formula is C23H19N3O3. The van der Waals surface area contributed by atoms with Gasteiger partial charge in [0.05, 0.1) is 7.11 Å². The van der Waals surface area contributed by atoms with E-state index in [-0.39, 0.29) is 11.5 Å². The summed E-state index contributed by atoms with van der Waals surface area (Å²) in [5, 5.41) is 16.8. The molecule has 0 aliphatic carbocycles. The van der Waals surface area contributed by atoms with E-state index >= 15 is 0 Å². The number of nitrogens with zero attached hydrogens (tertiary/aromatic N) is 1. The first-order chi connectivity index (χ1) is 14.0. The lowest BCUT2D eigenvalue weighted by atomic mass is 10.0. The smallest absolute Gasteiger partial charge is 0.266 e. The zero-order chi connectivity index (χ0) is 20.8. The third kappa shape index (κ3) is 4.60. The van der Waals surface area contributed by atoms with Gasteiger partial charge in [0.2, 0.25) is 5.91 Å². The van der Waals surface area contributed by atoms with Crippen molar-refractivity contribution in [3.63, 3.8) is 0 Å². The Morgan fingerprint density at radius 2 is 1.62 bits per heavy atom. The van der Waals surface area contributed by atoms with Crippen molar-refractivity contribution < 1.29 is 14.3 Å². The molecular weight excluding hydrogens is 366 g/mol. The molecule has 0 aromatic heterocycles. The van der Waals surface area contributed by atoms with E-state index in [2.05, 4.69) is 10.6 Å². The number of methoxy groups -OCH3 is 1. The average Bonchev–Trinajstić information content (AvgIpc) is 2.72. The van der Waals surface area contributed by atoms with Crippen LogP contribution in [0.15, 0.2) is 66.2 Å². The van der Waals surface area contributed by atoms with Gasteiger partial charge < -0.3 is 15.4 Å². The molecule has 3 rings (SSSR count). The summed E-state index contributed by atoms with van der Waals surface area (Å²) in [4.78, 5) is 23.7. The number of rotatable bonds is 5. The molecule has 144 valence electrons. The lowest BCUT2D eigenvalue weighted by Gasteiger charge is -2.10. The number of ether oxygens (including phenoxy) is 1. The normalized spacial score (nSPS) is 10.9. The summed E-state index contributed by atoms with van der Waals surface area (Å²) in [6, 6.07) is 20.0. The van der Waals surface area contributed by atoms with Crippen LogP contribution in [-0.4, -0.2) is 18.9 Å². The quantitative estimate of drug-likeness (QED) is 0.504. The van der Waals surface area contributed by atoms with E-state index in [4.69, 9.17) is 4.74 Å². The van der Waals surface area contributed by atoms with Crippen molar-refractivity contribution in [3.05, 3.63) is 71.8 Å². The second-order valence-electron chi connectivity index (χ2n) is 6.29. The van der Waals surface area contributed by atoms with E-state index in [1.165, 1.54) is 13.0 Å². The lowest BCUT2D eigenvalue weighted by Crippen LogP contribution is -2.13. The first-order valence-electron chi connectivity index (χ1n) is 8.88. The SMILES string of the molecule is COc1ccc2ccccc2c1/C=C(\C#N)C(=O)Nc1ccc(NC(C)=O)cc1. The molecule has 29 heavy (non-hydrogen) atoms. The van der Waals surface area contributed by atoms with Crippen LogP contribution in [0.4, 0.5) is 11.4 Å². The predicted molar refractivity (Wildman–Crippen MR) is 113 cm³/mol. The molecule has 0 heterocycles. The monoisotopic (exact) mass is 385 g/mol. The van der Waals surface area contributed by atoms with Crippen molar-refractivity contribution in [2.24, 2.45) is 0 Å². The Hall–Kier alpha value is -4.11. The molecule has 3 aromatic rings. The minimum Gasteiger partial charge on any atom is -0.496 e. The summed E-state index contributed by atoms with van der Waals surface area (Å²) in [5.41, 5.74) is 1.74. The van der Waals surface area contributed by atoms with Crippen molar-refractivity contribution in [1.82, 2.24) is 0 Å². The highest BCUT2D eigenvalue weighted by molar-refractivity contribution is 6.11. The Balaban J connectivity index is 1.90. The molecule has 2 amide bonds. The Morgan fingerprint density at radius 1 is 0.966 bits per heavy atom. The number of carbonyl (C=O) groups is 2. The van der Waals surface area contributed by atoms with Gasteiger partial charge in [0, 0.05) is 23.9 Å². The zero-order valence-electron chi connectivity index (χ0n) is 16.0. The number of carbonyl (C=O) groups excluding carboxylic acids is 2. The number of fused-ring (bicyclic) bond motifs is 1. The van der Waals surface area contributed by atoms with E-state index in [1.54, 1.807) is 31.4 Å². The van der Waals surface area contributed by atoms with Crippen LogP contribution in [0.2, 0.25) is 0 Å². The summed E-state index contributed by atoms with van der Waals surface area (Å²) in [6.07, 6.45) is 1.53. The van der Waals surface area contributed by atoms with E-state index < -0.39 is 5.91 Å². The topological polar surface area (TPSA) is 91.2 Å². The Kier molecular flexibility index (Phi) is 5.91. The van der Waals surface area contributed by atoms with Gasteiger partial charge in [-0.3, -0.25) is 9.59 Å². The number of benzene rings is 3. The first kappa shape index (κ1) is 19.6. The molecule has 0 radical (unpaired) electrons.